The van der Waals surface area contributed by atoms with E-state index in [9.17, 15) is 4.79 Å². The summed E-state index contributed by atoms with van der Waals surface area (Å²) in [5.41, 5.74) is 10.2. The highest BCUT2D eigenvalue weighted by Crippen LogP contribution is 2.13. The Kier molecular flexibility index (Phi) is 3.25. The van der Waals surface area contributed by atoms with Crippen molar-refractivity contribution in [1.29, 1.82) is 0 Å². The van der Waals surface area contributed by atoms with E-state index in [4.69, 9.17) is 5.53 Å². The Balaban J connectivity index is 2.12. The van der Waals surface area contributed by atoms with E-state index in [1.807, 2.05) is 30.3 Å². The van der Waals surface area contributed by atoms with Gasteiger partial charge in [0.25, 0.3) is 5.91 Å². The molecular formula is C13H10N3O. The van der Waals surface area contributed by atoms with E-state index in [1.165, 1.54) is 0 Å². The third kappa shape index (κ3) is 2.75. The smallest absolute Gasteiger partial charge is 0.255 e. The summed E-state index contributed by atoms with van der Waals surface area (Å²) in [6, 6.07) is 15.6. The van der Waals surface area contributed by atoms with Gasteiger partial charge in [0.05, 0.1) is 5.69 Å². The molecule has 0 atom stereocenters. The van der Waals surface area contributed by atoms with Crippen molar-refractivity contribution in [3.63, 3.8) is 0 Å². The van der Waals surface area contributed by atoms with E-state index >= 15 is 0 Å². The van der Waals surface area contributed by atoms with Crippen molar-refractivity contribution in [2.75, 3.05) is 5.32 Å². The van der Waals surface area contributed by atoms with Gasteiger partial charge in [-0.05, 0) is 41.9 Å². The second kappa shape index (κ2) is 5.03. The Morgan fingerprint density at radius 3 is 2.24 bits per heavy atom. The van der Waals surface area contributed by atoms with Crippen molar-refractivity contribution in [3.05, 3.63) is 60.2 Å². The largest absolute Gasteiger partial charge is 0.322 e. The van der Waals surface area contributed by atoms with E-state index in [0.29, 0.717) is 11.3 Å². The zero-order valence-electron chi connectivity index (χ0n) is 9.00. The summed E-state index contributed by atoms with van der Waals surface area (Å²) in [7, 11) is 0. The van der Waals surface area contributed by atoms with Crippen LogP contribution in [0.25, 0.3) is 0 Å². The molecule has 2 rings (SSSR count). The minimum absolute atomic E-state index is 0.194. The molecule has 1 N–H and O–H groups in total. The van der Waals surface area contributed by atoms with Gasteiger partial charge in [-0.3, -0.25) is 4.79 Å². The molecule has 0 saturated heterocycles. The summed E-state index contributed by atoms with van der Waals surface area (Å²) in [4.78, 5) is 11.8. The Labute approximate surface area is 98.8 Å². The highest BCUT2D eigenvalue weighted by molar-refractivity contribution is 6.04. The minimum Gasteiger partial charge on any atom is -0.322 e. The molecule has 17 heavy (non-hydrogen) atoms. The summed E-state index contributed by atoms with van der Waals surface area (Å²) < 4.78 is 0. The van der Waals surface area contributed by atoms with E-state index < -0.39 is 0 Å². The van der Waals surface area contributed by atoms with Crippen molar-refractivity contribution >= 4 is 17.3 Å². The number of nitrogens with one attached hydrogen (secondary N) is 1. The zero-order chi connectivity index (χ0) is 12.1. The normalized spacial score (nSPS) is 9.65. The highest BCUT2D eigenvalue weighted by atomic mass is 16.1. The fourth-order valence-corrected chi connectivity index (χ4v) is 1.40. The number of nitrogens with zero attached hydrogens (tertiary/aromatic N) is 2. The number of hydrogen-bond donors (Lipinski definition) is 1. The van der Waals surface area contributed by atoms with Gasteiger partial charge in [-0.15, -0.1) is 5.11 Å². The number of rotatable bonds is 3. The van der Waals surface area contributed by atoms with Crippen molar-refractivity contribution in [2.24, 2.45) is 5.11 Å². The first kappa shape index (κ1) is 11.0. The van der Waals surface area contributed by atoms with Crippen LogP contribution in [0.5, 0.6) is 0 Å². The lowest BCUT2D eigenvalue weighted by atomic mass is 10.2. The van der Waals surface area contributed by atoms with Crippen LogP contribution < -0.4 is 10.8 Å². The maximum atomic E-state index is 11.8. The quantitative estimate of drug-likeness (QED) is 0.800. The zero-order valence-corrected chi connectivity index (χ0v) is 9.00. The molecule has 0 spiro atoms. The maximum Gasteiger partial charge on any atom is 0.255 e. The molecule has 4 nitrogen and oxygen atoms in total. The topological polar surface area (TPSA) is 63.8 Å². The van der Waals surface area contributed by atoms with E-state index in [1.54, 1.807) is 24.3 Å². The van der Waals surface area contributed by atoms with Gasteiger partial charge in [0.2, 0.25) is 0 Å². The maximum absolute atomic E-state index is 11.8. The lowest BCUT2D eigenvalue weighted by Crippen LogP contribution is -2.11. The Bertz CT molecular complexity index is 520. The van der Waals surface area contributed by atoms with E-state index in [-0.39, 0.29) is 5.91 Å². The number of carbonyl (C=O) groups excluding carboxylic acids is 1. The lowest BCUT2D eigenvalue weighted by molar-refractivity contribution is 0.102. The van der Waals surface area contributed by atoms with Gasteiger partial charge in [-0.1, -0.05) is 18.2 Å². The van der Waals surface area contributed by atoms with Gasteiger partial charge in [-0.25, -0.2) is 0 Å². The van der Waals surface area contributed by atoms with Crippen LogP contribution in [0, 0.1) is 0 Å². The molecule has 0 fully saturated rings. The molecule has 83 valence electrons. The fraction of sp³-hybridized carbons (Fsp3) is 0. The molecule has 0 aliphatic rings. The van der Waals surface area contributed by atoms with Crippen LogP contribution in [-0.4, -0.2) is 5.91 Å². The van der Waals surface area contributed by atoms with Crippen LogP contribution in [0.15, 0.2) is 59.7 Å². The predicted octanol–water partition coefficient (Wildman–Crippen LogP) is 2.82. The molecule has 0 bridgehead atoms. The summed E-state index contributed by atoms with van der Waals surface area (Å²) in [5, 5.41) is 5.79. The fourth-order valence-electron chi connectivity index (χ4n) is 1.40. The number of para-hydroxylation sites is 1. The lowest BCUT2D eigenvalue weighted by Gasteiger charge is -2.04. The van der Waals surface area contributed by atoms with Crippen LogP contribution >= 0.6 is 0 Å². The van der Waals surface area contributed by atoms with Gasteiger partial charge in [0.1, 0.15) is 0 Å². The molecule has 0 aromatic heterocycles. The summed E-state index contributed by atoms with van der Waals surface area (Å²) in [6.45, 7) is 0. The molecule has 4 heteroatoms. The van der Waals surface area contributed by atoms with E-state index in [2.05, 4.69) is 10.4 Å². The highest BCUT2D eigenvalue weighted by Gasteiger charge is 2.05. The van der Waals surface area contributed by atoms with Crippen LogP contribution in [0.4, 0.5) is 11.4 Å². The summed E-state index contributed by atoms with van der Waals surface area (Å²) >= 11 is 0. The molecule has 0 saturated carbocycles. The number of hydrogen-bond acceptors (Lipinski definition) is 2. The Morgan fingerprint density at radius 1 is 1.00 bits per heavy atom. The van der Waals surface area contributed by atoms with Gasteiger partial charge in [0.15, 0.2) is 0 Å². The Hall–Kier alpha value is -2.49. The predicted molar refractivity (Wildman–Crippen MR) is 65.1 cm³/mol. The first-order valence-electron chi connectivity index (χ1n) is 5.11. The molecule has 2 aromatic rings. The Morgan fingerprint density at radius 2 is 1.65 bits per heavy atom. The number of amides is 1. The second-order valence-electron chi connectivity index (χ2n) is 3.47. The standard InChI is InChI=1S/C13H10N3O/c14-16-12-8-6-10(7-9-12)13(17)15-11-4-2-1-3-5-11/h1-9H,(H,15,17). The van der Waals surface area contributed by atoms with Crippen LogP contribution in [0.3, 0.4) is 0 Å². The van der Waals surface area contributed by atoms with E-state index in [0.717, 1.165) is 5.69 Å². The summed E-state index contributed by atoms with van der Waals surface area (Å²) in [5.74, 6) is -0.194. The molecule has 0 aliphatic heterocycles. The summed E-state index contributed by atoms with van der Waals surface area (Å²) in [6.07, 6.45) is 0. The molecular weight excluding hydrogens is 214 g/mol. The van der Waals surface area contributed by atoms with Gasteiger partial charge in [0, 0.05) is 11.3 Å². The van der Waals surface area contributed by atoms with Crippen molar-refractivity contribution < 1.29 is 4.79 Å². The van der Waals surface area contributed by atoms with Gasteiger partial charge >= 0.3 is 0 Å². The molecule has 1 radical (unpaired) electrons. The first-order valence-corrected chi connectivity index (χ1v) is 5.11. The number of carbonyl (C=O) groups is 1. The van der Waals surface area contributed by atoms with Crippen molar-refractivity contribution in [2.45, 2.75) is 0 Å². The second-order valence-corrected chi connectivity index (χ2v) is 3.47. The molecule has 0 heterocycles. The monoisotopic (exact) mass is 224 g/mol. The molecule has 1 amide bonds. The van der Waals surface area contributed by atoms with Gasteiger partial charge < -0.3 is 5.32 Å². The first-order chi connectivity index (χ1) is 8.29. The average Bonchev–Trinajstić information content (AvgIpc) is 2.40. The molecule has 0 aliphatic carbocycles. The van der Waals surface area contributed by atoms with Gasteiger partial charge in [-0.2, -0.15) is 0 Å². The van der Waals surface area contributed by atoms with Crippen molar-refractivity contribution in [1.82, 2.24) is 5.53 Å². The number of anilines is 1. The molecule has 2 aromatic carbocycles. The third-order valence-corrected chi connectivity index (χ3v) is 2.28. The number of benzene rings is 2. The minimum atomic E-state index is -0.194. The van der Waals surface area contributed by atoms with Crippen LogP contribution in [0.2, 0.25) is 0 Å². The molecule has 0 unspecified atom stereocenters. The van der Waals surface area contributed by atoms with Crippen LogP contribution in [-0.2, 0) is 0 Å². The SMILES string of the molecule is [N]=Nc1ccc(C(=O)Nc2ccccc2)cc1. The van der Waals surface area contributed by atoms with Crippen molar-refractivity contribution in [3.8, 4) is 0 Å². The van der Waals surface area contributed by atoms with Crippen LogP contribution in [0.1, 0.15) is 10.4 Å². The third-order valence-electron chi connectivity index (χ3n) is 2.28. The average molecular weight is 224 g/mol.